The number of thiazole rings is 1. The third-order valence-corrected chi connectivity index (χ3v) is 4.90. The summed E-state index contributed by atoms with van der Waals surface area (Å²) in [6.45, 7) is 0. The zero-order chi connectivity index (χ0) is 13.6. The fourth-order valence-corrected chi connectivity index (χ4v) is 4.07. The van der Waals surface area contributed by atoms with Crippen LogP contribution in [0.3, 0.4) is 0 Å². The van der Waals surface area contributed by atoms with E-state index in [2.05, 4.69) is 9.97 Å². The zero-order valence-corrected chi connectivity index (χ0v) is 13.6. The molecule has 2 heterocycles. The van der Waals surface area contributed by atoms with Gasteiger partial charge >= 0.3 is 0 Å². The largest absolute Gasteiger partial charge is 0.243 e. The van der Waals surface area contributed by atoms with E-state index in [9.17, 15) is 4.39 Å². The lowest BCUT2D eigenvalue weighted by atomic mass is 10.2. The molecule has 96 valence electrons. The summed E-state index contributed by atoms with van der Waals surface area (Å²) in [5, 5.41) is 1.21. The van der Waals surface area contributed by atoms with Crippen molar-refractivity contribution in [3.8, 4) is 10.6 Å². The van der Waals surface area contributed by atoms with E-state index in [-0.39, 0.29) is 5.82 Å². The summed E-state index contributed by atoms with van der Waals surface area (Å²) in [6, 6.07) is 4.86. The van der Waals surface area contributed by atoms with Crippen molar-refractivity contribution in [3.05, 3.63) is 44.0 Å². The molecular weight excluding hydrogens is 421 g/mol. The standard InChI is InChI=1S/C12H4Cl2FIN2S/c13-6-3-5(16)4-7(15)9(6)12-18-8-1-2-17-11(14)10(8)19-12/h1-4H. The van der Waals surface area contributed by atoms with Crippen LogP contribution in [0.15, 0.2) is 24.4 Å². The van der Waals surface area contributed by atoms with Crippen molar-refractivity contribution in [2.45, 2.75) is 0 Å². The minimum atomic E-state index is -0.389. The molecule has 0 atom stereocenters. The summed E-state index contributed by atoms with van der Waals surface area (Å²) in [5.41, 5.74) is 0.994. The van der Waals surface area contributed by atoms with Gasteiger partial charge in [-0.05, 0) is 40.8 Å². The Morgan fingerprint density at radius 2 is 2.05 bits per heavy atom. The molecule has 0 aliphatic rings. The van der Waals surface area contributed by atoms with E-state index < -0.39 is 0 Å². The van der Waals surface area contributed by atoms with Crippen LogP contribution in [-0.2, 0) is 0 Å². The predicted octanol–water partition coefficient (Wildman–Crippen LogP) is 5.41. The highest BCUT2D eigenvalue weighted by Crippen LogP contribution is 2.38. The summed E-state index contributed by atoms with van der Waals surface area (Å²) in [5.74, 6) is -0.389. The highest BCUT2D eigenvalue weighted by molar-refractivity contribution is 14.1. The summed E-state index contributed by atoms with van der Waals surface area (Å²) >= 11 is 15.4. The first-order valence-corrected chi connectivity index (χ1v) is 7.77. The van der Waals surface area contributed by atoms with E-state index >= 15 is 0 Å². The number of halogens is 4. The van der Waals surface area contributed by atoms with Gasteiger partial charge in [0.1, 0.15) is 16.0 Å². The van der Waals surface area contributed by atoms with Gasteiger partial charge in [-0.2, -0.15) is 0 Å². The van der Waals surface area contributed by atoms with Crippen molar-refractivity contribution in [3.63, 3.8) is 0 Å². The summed E-state index contributed by atoms with van der Waals surface area (Å²) in [7, 11) is 0. The molecule has 3 aromatic rings. The molecule has 1 aromatic carbocycles. The second-order valence-electron chi connectivity index (χ2n) is 3.71. The van der Waals surface area contributed by atoms with Gasteiger partial charge in [0.15, 0.2) is 0 Å². The molecule has 0 amide bonds. The molecule has 0 bridgehead atoms. The molecule has 0 saturated carbocycles. The van der Waals surface area contributed by atoms with Gasteiger partial charge in [0, 0.05) is 9.77 Å². The number of nitrogens with zero attached hydrogens (tertiary/aromatic N) is 2. The smallest absolute Gasteiger partial charge is 0.148 e. The Morgan fingerprint density at radius 1 is 1.26 bits per heavy atom. The molecule has 0 aliphatic heterocycles. The second kappa shape index (κ2) is 5.12. The van der Waals surface area contributed by atoms with E-state index in [0.29, 0.717) is 26.3 Å². The molecule has 0 spiro atoms. The van der Waals surface area contributed by atoms with Gasteiger partial charge in [-0.15, -0.1) is 11.3 Å². The molecule has 0 unspecified atom stereocenters. The monoisotopic (exact) mass is 424 g/mol. The Hall–Kier alpha value is -0.500. The Kier molecular flexibility index (Phi) is 3.63. The minimum absolute atomic E-state index is 0.305. The first-order valence-electron chi connectivity index (χ1n) is 5.12. The normalized spacial score (nSPS) is 11.2. The van der Waals surface area contributed by atoms with E-state index in [4.69, 9.17) is 23.2 Å². The van der Waals surface area contributed by atoms with Gasteiger partial charge < -0.3 is 0 Å². The van der Waals surface area contributed by atoms with Crippen molar-refractivity contribution in [1.29, 1.82) is 0 Å². The van der Waals surface area contributed by atoms with Crippen LogP contribution < -0.4 is 0 Å². The topological polar surface area (TPSA) is 25.8 Å². The fraction of sp³-hybridized carbons (Fsp3) is 0. The summed E-state index contributed by atoms with van der Waals surface area (Å²) in [6.07, 6.45) is 1.57. The third kappa shape index (κ3) is 2.44. The minimum Gasteiger partial charge on any atom is -0.243 e. The Balaban J connectivity index is 2.28. The number of pyridine rings is 1. The fourth-order valence-electron chi connectivity index (χ4n) is 1.68. The number of fused-ring (bicyclic) bond motifs is 1. The van der Waals surface area contributed by atoms with Crippen LogP contribution in [-0.4, -0.2) is 9.97 Å². The van der Waals surface area contributed by atoms with Gasteiger partial charge in [0.25, 0.3) is 0 Å². The molecule has 0 radical (unpaired) electrons. The van der Waals surface area contributed by atoms with Crippen LogP contribution in [0, 0.1) is 9.39 Å². The van der Waals surface area contributed by atoms with Crippen molar-refractivity contribution in [2.75, 3.05) is 0 Å². The van der Waals surface area contributed by atoms with Crippen LogP contribution in [0.5, 0.6) is 0 Å². The number of benzene rings is 1. The lowest BCUT2D eigenvalue weighted by Gasteiger charge is -2.02. The average molecular weight is 425 g/mol. The lowest BCUT2D eigenvalue weighted by molar-refractivity contribution is 0.630. The van der Waals surface area contributed by atoms with Crippen LogP contribution in [0.4, 0.5) is 4.39 Å². The Morgan fingerprint density at radius 3 is 2.74 bits per heavy atom. The molecule has 0 fully saturated rings. The molecule has 0 N–H and O–H groups in total. The van der Waals surface area contributed by atoms with Crippen LogP contribution in [0.1, 0.15) is 0 Å². The first kappa shape index (κ1) is 13.5. The highest BCUT2D eigenvalue weighted by atomic mass is 127. The van der Waals surface area contributed by atoms with Crippen molar-refractivity contribution < 1.29 is 4.39 Å². The summed E-state index contributed by atoms with van der Waals surface area (Å²) in [4.78, 5) is 8.34. The number of aromatic nitrogens is 2. The average Bonchev–Trinajstić information content (AvgIpc) is 2.72. The number of hydrogen-bond acceptors (Lipinski definition) is 3. The Bertz CT molecular complexity index is 767. The van der Waals surface area contributed by atoms with Crippen LogP contribution in [0.2, 0.25) is 10.2 Å². The van der Waals surface area contributed by atoms with Gasteiger partial charge in [-0.3, -0.25) is 0 Å². The molecule has 2 aromatic heterocycles. The second-order valence-corrected chi connectivity index (χ2v) is 6.72. The molecule has 3 rings (SSSR count). The lowest BCUT2D eigenvalue weighted by Crippen LogP contribution is -1.87. The van der Waals surface area contributed by atoms with Crippen molar-refractivity contribution >= 4 is 67.3 Å². The van der Waals surface area contributed by atoms with Gasteiger partial charge in [-0.1, -0.05) is 23.2 Å². The van der Waals surface area contributed by atoms with Gasteiger partial charge in [0.05, 0.1) is 20.8 Å². The maximum atomic E-state index is 14.1. The molecule has 19 heavy (non-hydrogen) atoms. The molecule has 0 saturated heterocycles. The number of rotatable bonds is 1. The zero-order valence-electron chi connectivity index (χ0n) is 9.12. The van der Waals surface area contributed by atoms with E-state index in [1.165, 1.54) is 17.4 Å². The van der Waals surface area contributed by atoms with Gasteiger partial charge in [-0.25, -0.2) is 14.4 Å². The predicted molar refractivity (Wildman–Crippen MR) is 85.5 cm³/mol. The van der Waals surface area contributed by atoms with Crippen LogP contribution in [0.25, 0.3) is 20.8 Å². The quantitative estimate of drug-likeness (QED) is 0.385. The third-order valence-electron chi connectivity index (χ3n) is 2.48. The van der Waals surface area contributed by atoms with Crippen molar-refractivity contribution in [2.24, 2.45) is 0 Å². The molecule has 7 heteroatoms. The van der Waals surface area contributed by atoms with Crippen molar-refractivity contribution in [1.82, 2.24) is 9.97 Å². The van der Waals surface area contributed by atoms with E-state index in [0.717, 1.165) is 8.27 Å². The Labute approximate surface area is 135 Å². The molecule has 0 aliphatic carbocycles. The van der Waals surface area contributed by atoms with E-state index in [1.54, 1.807) is 18.3 Å². The molecule has 2 nitrogen and oxygen atoms in total. The maximum absolute atomic E-state index is 14.1. The highest BCUT2D eigenvalue weighted by Gasteiger charge is 2.16. The van der Waals surface area contributed by atoms with E-state index in [1.807, 2.05) is 22.6 Å². The van der Waals surface area contributed by atoms with Gasteiger partial charge in [0.2, 0.25) is 0 Å². The number of hydrogen-bond donors (Lipinski definition) is 0. The molecular formula is C12H4Cl2FIN2S. The summed E-state index contributed by atoms with van der Waals surface area (Å²) < 4.78 is 15.5. The first-order chi connectivity index (χ1) is 9.06. The van der Waals surface area contributed by atoms with Crippen LogP contribution >= 0.6 is 57.1 Å². The SMILES string of the molecule is Fc1cc(I)cc(Cl)c1-c1nc2ccnc(Cl)c2s1. The maximum Gasteiger partial charge on any atom is 0.148 e.